The molecule has 1 aliphatic rings. The fraction of sp³-hybridized carbons (Fsp3) is 0.333. The molecule has 0 saturated heterocycles. The highest BCUT2D eigenvalue weighted by Gasteiger charge is 2.23. The summed E-state index contributed by atoms with van der Waals surface area (Å²) in [6, 6.07) is 5.15. The Kier molecular flexibility index (Phi) is 7.89. The molecule has 3 aromatic rings. The second kappa shape index (κ2) is 11.1. The first kappa shape index (κ1) is 26.3. The molecule has 0 bridgehead atoms. The van der Waals surface area contributed by atoms with Gasteiger partial charge in [-0.05, 0) is 30.2 Å². The third kappa shape index (κ3) is 7.37. The molecule has 2 aromatic heterocycles. The molecular weight excluding hydrogens is 528 g/mol. The molecule has 198 valence electrons. The van der Waals surface area contributed by atoms with Crippen molar-refractivity contribution in [2.75, 3.05) is 43.3 Å². The monoisotopic (exact) mass is 552 g/mol. The lowest BCUT2D eigenvalue weighted by Gasteiger charge is -2.16. The number of sulfone groups is 1. The predicted octanol–water partition coefficient (Wildman–Crippen LogP) is 0.719. The zero-order chi connectivity index (χ0) is 26.5. The molecule has 16 heteroatoms. The largest absolute Gasteiger partial charge is 0.473 e. The van der Waals surface area contributed by atoms with Crippen molar-refractivity contribution in [2.45, 2.75) is 6.92 Å². The van der Waals surface area contributed by atoms with Crippen molar-refractivity contribution in [2.24, 2.45) is 0 Å². The summed E-state index contributed by atoms with van der Waals surface area (Å²) < 4.78 is 74.5. The number of fused-ring (bicyclic) bond motifs is 1. The zero-order valence-electron chi connectivity index (χ0n) is 19.9. The molecular formula is C21H24N6O8S2. The minimum absolute atomic E-state index is 0.0323. The van der Waals surface area contributed by atoms with Crippen LogP contribution in [0.5, 0.6) is 23.4 Å². The Morgan fingerprint density at radius 2 is 1.70 bits per heavy atom. The van der Waals surface area contributed by atoms with Crippen molar-refractivity contribution in [3.8, 4) is 34.5 Å². The average molecular weight is 553 g/mol. The van der Waals surface area contributed by atoms with E-state index in [4.69, 9.17) is 18.9 Å². The lowest BCUT2D eigenvalue weighted by atomic mass is 10.1. The first-order chi connectivity index (χ1) is 17.6. The van der Waals surface area contributed by atoms with E-state index in [1.807, 2.05) is 6.92 Å². The Balaban J connectivity index is 1.56. The highest BCUT2D eigenvalue weighted by atomic mass is 32.2. The van der Waals surface area contributed by atoms with Crippen molar-refractivity contribution in [3.63, 3.8) is 0 Å². The van der Waals surface area contributed by atoms with Gasteiger partial charge in [0.05, 0.1) is 11.3 Å². The summed E-state index contributed by atoms with van der Waals surface area (Å²) in [6.07, 6.45) is 5.38. The van der Waals surface area contributed by atoms with Crippen molar-refractivity contribution in [1.29, 1.82) is 0 Å². The molecule has 1 aromatic carbocycles. The van der Waals surface area contributed by atoms with E-state index in [-0.39, 0.29) is 55.6 Å². The van der Waals surface area contributed by atoms with Crippen molar-refractivity contribution < 1.29 is 35.8 Å². The van der Waals surface area contributed by atoms with Crippen LogP contribution in [0.15, 0.2) is 36.9 Å². The van der Waals surface area contributed by atoms with Crippen LogP contribution in [0, 0.1) is 6.92 Å². The maximum atomic E-state index is 12.6. The molecule has 0 radical (unpaired) electrons. The minimum Gasteiger partial charge on any atom is -0.473 e. The summed E-state index contributed by atoms with van der Waals surface area (Å²) in [4.78, 5) is 16.3. The van der Waals surface area contributed by atoms with Gasteiger partial charge in [-0.1, -0.05) is 6.07 Å². The summed E-state index contributed by atoms with van der Waals surface area (Å²) >= 11 is 0. The number of nitrogens with zero attached hydrogens (tertiary/aromatic N) is 4. The highest BCUT2D eigenvalue weighted by molar-refractivity contribution is 7.91. The Morgan fingerprint density at radius 1 is 0.973 bits per heavy atom. The van der Waals surface area contributed by atoms with E-state index in [0.29, 0.717) is 17.1 Å². The Bertz CT molecular complexity index is 1470. The topological polar surface area (TPSA) is 181 Å². The van der Waals surface area contributed by atoms with Crippen LogP contribution in [0.4, 0.5) is 5.82 Å². The van der Waals surface area contributed by atoms with E-state index >= 15 is 0 Å². The van der Waals surface area contributed by atoms with E-state index in [9.17, 15) is 16.8 Å². The Hall–Kier alpha value is -3.76. The second-order valence-electron chi connectivity index (χ2n) is 7.84. The SMILES string of the molecule is Cc1cnc(OCCOc2ncnc(NS(=O)(=O)NCCS(C)(=O)=O)c2-c2ccc3c(c2)OCO3)nc1. The van der Waals surface area contributed by atoms with E-state index in [1.54, 1.807) is 30.6 Å². The summed E-state index contributed by atoms with van der Waals surface area (Å²) in [5, 5.41) is 0. The third-order valence-electron chi connectivity index (χ3n) is 4.78. The lowest BCUT2D eigenvalue weighted by Crippen LogP contribution is -2.34. The molecule has 3 heterocycles. The number of ether oxygens (including phenoxy) is 4. The van der Waals surface area contributed by atoms with E-state index < -0.39 is 20.0 Å². The van der Waals surface area contributed by atoms with Crippen LogP contribution in [-0.4, -0.2) is 75.3 Å². The summed E-state index contributed by atoms with van der Waals surface area (Å²) in [5.74, 6) is 0.576. The molecule has 0 unspecified atom stereocenters. The van der Waals surface area contributed by atoms with Gasteiger partial charge in [0.1, 0.15) is 29.4 Å². The molecule has 0 fully saturated rings. The smallest absolute Gasteiger partial charge is 0.316 e. The number of aromatic nitrogens is 4. The van der Waals surface area contributed by atoms with Crippen LogP contribution in [0.25, 0.3) is 11.1 Å². The molecule has 1 aliphatic heterocycles. The van der Waals surface area contributed by atoms with Gasteiger partial charge in [-0.2, -0.15) is 13.1 Å². The lowest BCUT2D eigenvalue weighted by molar-refractivity contribution is 0.174. The van der Waals surface area contributed by atoms with Crippen molar-refractivity contribution in [3.05, 3.63) is 42.5 Å². The fourth-order valence-corrected chi connectivity index (χ4v) is 4.57. The standard InChI is InChI=1S/C21H24N6O8S2/c1-14-10-22-21(23-11-14)33-7-6-32-20-18(15-3-4-16-17(9-15)35-13-34-16)19(24-12-25-20)27-37(30,31)26-5-8-36(2,28)29/h3-4,9-12,26H,5-8,13H2,1-2H3,(H,24,25,27). The molecule has 0 amide bonds. The molecule has 0 saturated carbocycles. The van der Waals surface area contributed by atoms with E-state index in [2.05, 4.69) is 29.4 Å². The molecule has 2 N–H and O–H groups in total. The summed E-state index contributed by atoms with van der Waals surface area (Å²) in [5.41, 5.74) is 1.59. The van der Waals surface area contributed by atoms with Crippen LogP contribution >= 0.6 is 0 Å². The third-order valence-corrected chi connectivity index (χ3v) is 6.77. The number of benzene rings is 1. The van der Waals surface area contributed by atoms with Gasteiger partial charge in [-0.15, -0.1) is 0 Å². The van der Waals surface area contributed by atoms with Crippen LogP contribution in [0.2, 0.25) is 0 Å². The number of rotatable bonds is 12. The van der Waals surface area contributed by atoms with Gasteiger partial charge in [0.25, 0.3) is 10.2 Å². The van der Waals surface area contributed by atoms with Gasteiger partial charge in [0.2, 0.25) is 12.7 Å². The van der Waals surface area contributed by atoms with Crippen LogP contribution < -0.4 is 28.4 Å². The maximum absolute atomic E-state index is 12.6. The molecule has 14 nitrogen and oxygen atoms in total. The first-order valence-electron chi connectivity index (χ1n) is 10.8. The summed E-state index contributed by atoms with van der Waals surface area (Å²) in [7, 11) is -7.55. The molecule has 0 atom stereocenters. The summed E-state index contributed by atoms with van der Waals surface area (Å²) in [6.45, 7) is 1.70. The van der Waals surface area contributed by atoms with Gasteiger partial charge in [0, 0.05) is 25.2 Å². The first-order valence-corrected chi connectivity index (χ1v) is 14.4. The quantitative estimate of drug-likeness (QED) is 0.301. The number of hydrogen-bond acceptors (Lipinski definition) is 12. The normalized spacial score (nSPS) is 12.8. The van der Waals surface area contributed by atoms with Gasteiger partial charge >= 0.3 is 6.01 Å². The molecule has 4 rings (SSSR count). The number of hydrogen-bond donors (Lipinski definition) is 2. The van der Waals surface area contributed by atoms with E-state index in [1.165, 1.54) is 0 Å². The van der Waals surface area contributed by atoms with Crippen LogP contribution in [-0.2, 0) is 20.0 Å². The molecule has 0 spiro atoms. The molecule has 0 aliphatic carbocycles. The van der Waals surface area contributed by atoms with Gasteiger partial charge in [-0.25, -0.2) is 28.4 Å². The van der Waals surface area contributed by atoms with Gasteiger partial charge in [-0.3, -0.25) is 4.72 Å². The van der Waals surface area contributed by atoms with Gasteiger partial charge in [0.15, 0.2) is 17.3 Å². The maximum Gasteiger partial charge on any atom is 0.316 e. The fourth-order valence-electron chi connectivity index (χ4n) is 3.12. The zero-order valence-corrected chi connectivity index (χ0v) is 21.5. The molecule has 37 heavy (non-hydrogen) atoms. The van der Waals surface area contributed by atoms with E-state index in [0.717, 1.165) is 18.1 Å². The number of anilines is 1. The minimum atomic E-state index is -4.19. The highest BCUT2D eigenvalue weighted by Crippen LogP contribution is 2.40. The van der Waals surface area contributed by atoms with Crippen LogP contribution in [0.1, 0.15) is 5.56 Å². The second-order valence-corrected chi connectivity index (χ2v) is 11.6. The number of aryl methyl sites for hydroxylation is 1. The van der Waals surface area contributed by atoms with Crippen LogP contribution in [0.3, 0.4) is 0 Å². The van der Waals surface area contributed by atoms with Crippen molar-refractivity contribution in [1.82, 2.24) is 24.7 Å². The number of nitrogens with one attached hydrogen (secondary N) is 2. The Morgan fingerprint density at radius 3 is 2.46 bits per heavy atom. The van der Waals surface area contributed by atoms with Crippen molar-refractivity contribution >= 4 is 25.9 Å². The average Bonchev–Trinajstić information content (AvgIpc) is 3.30. The predicted molar refractivity (Wildman–Crippen MR) is 132 cm³/mol. The Labute approximate surface area is 213 Å². The van der Waals surface area contributed by atoms with Gasteiger partial charge < -0.3 is 18.9 Å².